The van der Waals surface area contributed by atoms with Crippen LogP contribution < -0.4 is 0 Å². The van der Waals surface area contributed by atoms with Crippen molar-refractivity contribution in [2.75, 3.05) is 0 Å². The average Bonchev–Trinajstić information content (AvgIpc) is 2.27. The molecule has 0 spiro atoms. The number of hydrogen-bond donors (Lipinski definition) is 1. The Bertz CT molecular complexity index is 541. The predicted molar refractivity (Wildman–Crippen MR) is 61.0 cm³/mol. The first kappa shape index (κ1) is 9.46. The van der Waals surface area contributed by atoms with E-state index in [9.17, 15) is 4.79 Å². The molecular weight excluding hydrogens is 188 g/mol. The first-order valence-corrected chi connectivity index (χ1v) is 4.61. The molecule has 0 aliphatic rings. The monoisotopic (exact) mass is 198 g/mol. The van der Waals surface area contributed by atoms with Crippen LogP contribution in [-0.4, -0.2) is 11.1 Å². The highest BCUT2D eigenvalue weighted by atomic mass is 16.4. The maximum absolute atomic E-state index is 10.9. The zero-order chi connectivity index (χ0) is 10.8. The molecule has 2 aromatic carbocycles. The number of aromatic carboxylic acids is 1. The molecule has 0 aliphatic heterocycles. The van der Waals surface area contributed by atoms with E-state index in [1.807, 2.05) is 24.3 Å². The summed E-state index contributed by atoms with van der Waals surface area (Å²) < 4.78 is 0. The SMILES string of the molecule is C=Cc1cc(C(=O)O)cc2ccccc12. The van der Waals surface area contributed by atoms with E-state index in [-0.39, 0.29) is 0 Å². The van der Waals surface area contributed by atoms with Crippen LogP contribution in [0.3, 0.4) is 0 Å². The topological polar surface area (TPSA) is 37.3 Å². The van der Waals surface area contributed by atoms with Gasteiger partial charge >= 0.3 is 5.97 Å². The largest absolute Gasteiger partial charge is 0.478 e. The van der Waals surface area contributed by atoms with Crippen LogP contribution in [0.5, 0.6) is 0 Å². The van der Waals surface area contributed by atoms with E-state index in [0.29, 0.717) is 5.56 Å². The van der Waals surface area contributed by atoms with Crippen LogP contribution >= 0.6 is 0 Å². The van der Waals surface area contributed by atoms with Gasteiger partial charge in [-0.15, -0.1) is 0 Å². The lowest BCUT2D eigenvalue weighted by atomic mass is 10.0. The lowest BCUT2D eigenvalue weighted by molar-refractivity contribution is 0.0697. The molecule has 1 N–H and O–H groups in total. The van der Waals surface area contributed by atoms with Crippen molar-refractivity contribution < 1.29 is 9.90 Å². The molecule has 0 aromatic heterocycles. The molecule has 0 unspecified atom stereocenters. The van der Waals surface area contributed by atoms with Crippen molar-refractivity contribution in [3.05, 3.63) is 54.1 Å². The predicted octanol–water partition coefficient (Wildman–Crippen LogP) is 3.18. The van der Waals surface area contributed by atoms with E-state index in [2.05, 4.69) is 6.58 Å². The molecule has 0 radical (unpaired) electrons. The number of carboxylic acids is 1. The zero-order valence-electron chi connectivity index (χ0n) is 8.10. The maximum Gasteiger partial charge on any atom is 0.335 e. The van der Waals surface area contributed by atoms with Crippen LogP contribution in [-0.2, 0) is 0 Å². The molecule has 0 amide bonds. The second-order valence-corrected chi connectivity index (χ2v) is 3.30. The summed E-state index contributed by atoms with van der Waals surface area (Å²) in [6.07, 6.45) is 1.68. The Balaban J connectivity index is 2.82. The van der Waals surface area contributed by atoms with Gasteiger partial charge in [-0.3, -0.25) is 0 Å². The highest BCUT2D eigenvalue weighted by Gasteiger charge is 2.06. The Kier molecular flexibility index (Phi) is 2.26. The Morgan fingerprint density at radius 3 is 2.67 bits per heavy atom. The summed E-state index contributed by atoms with van der Waals surface area (Å²) in [5.74, 6) is -0.913. The fourth-order valence-electron chi connectivity index (χ4n) is 1.63. The van der Waals surface area contributed by atoms with Crippen molar-refractivity contribution in [1.29, 1.82) is 0 Å². The van der Waals surface area contributed by atoms with Crippen LogP contribution in [0.2, 0.25) is 0 Å². The van der Waals surface area contributed by atoms with Gasteiger partial charge in [-0.05, 0) is 28.5 Å². The lowest BCUT2D eigenvalue weighted by Gasteiger charge is -2.04. The van der Waals surface area contributed by atoms with Gasteiger partial charge in [0, 0.05) is 0 Å². The van der Waals surface area contributed by atoms with Gasteiger partial charge in [-0.25, -0.2) is 4.79 Å². The standard InChI is InChI=1S/C13H10O2/c1-2-9-7-11(13(14)15)8-10-5-3-4-6-12(9)10/h2-8H,1H2,(H,14,15). The van der Waals surface area contributed by atoms with E-state index in [1.54, 1.807) is 18.2 Å². The van der Waals surface area contributed by atoms with Gasteiger partial charge in [0.15, 0.2) is 0 Å². The minimum Gasteiger partial charge on any atom is -0.478 e. The summed E-state index contributed by atoms with van der Waals surface area (Å²) in [6.45, 7) is 3.69. The van der Waals surface area contributed by atoms with Crippen molar-refractivity contribution in [3.63, 3.8) is 0 Å². The lowest BCUT2D eigenvalue weighted by Crippen LogP contribution is -1.96. The molecule has 0 bridgehead atoms. The Labute approximate surface area is 87.5 Å². The molecule has 2 aromatic rings. The fraction of sp³-hybridized carbons (Fsp3) is 0. The molecule has 0 saturated heterocycles. The molecule has 0 aliphatic carbocycles. The minimum absolute atomic E-state index is 0.295. The number of carboxylic acid groups (broad SMARTS) is 1. The smallest absolute Gasteiger partial charge is 0.335 e. The first-order valence-electron chi connectivity index (χ1n) is 4.61. The molecule has 15 heavy (non-hydrogen) atoms. The zero-order valence-corrected chi connectivity index (χ0v) is 8.10. The van der Waals surface area contributed by atoms with E-state index in [0.717, 1.165) is 16.3 Å². The summed E-state index contributed by atoms with van der Waals surface area (Å²) in [5, 5.41) is 10.9. The van der Waals surface area contributed by atoms with E-state index in [4.69, 9.17) is 5.11 Å². The van der Waals surface area contributed by atoms with Crippen LogP contribution in [0.15, 0.2) is 43.0 Å². The van der Waals surface area contributed by atoms with Gasteiger partial charge in [0.2, 0.25) is 0 Å². The van der Waals surface area contributed by atoms with Gasteiger partial charge < -0.3 is 5.11 Å². The van der Waals surface area contributed by atoms with Gasteiger partial charge in [-0.1, -0.05) is 36.9 Å². The third-order valence-electron chi connectivity index (χ3n) is 2.36. The highest BCUT2D eigenvalue weighted by molar-refractivity contribution is 5.98. The molecule has 0 fully saturated rings. The van der Waals surface area contributed by atoms with Crippen LogP contribution in [0.1, 0.15) is 15.9 Å². The van der Waals surface area contributed by atoms with Crippen LogP contribution in [0, 0.1) is 0 Å². The van der Waals surface area contributed by atoms with Crippen molar-refractivity contribution >= 4 is 22.8 Å². The molecule has 74 valence electrons. The Morgan fingerprint density at radius 1 is 1.27 bits per heavy atom. The highest BCUT2D eigenvalue weighted by Crippen LogP contribution is 2.21. The van der Waals surface area contributed by atoms with Crippen LogP contribution in [0.25, 0.3) is 16.8 Å². The molecule has 0 saturated carbocycles. The third-order valence-corrected chi connectivity index (χ3v) is 2.36. The molecule has 0 heterocycles. The number of carbonyl (C=O) groups is 1. The van der Waals surface area contributed by atoms with E-state index < -0.39 is 5.97 Å². The summed E-state index contributed by atoms with van der Waals surface area (Å²) in [6, 6.07) is 11.0. The van der Waals surface area contributed by atoms with Crippen molar-refractivity contribution in [3.8, 4) is 0 Å². The second kappa shape index (κ2) is 3.58. The number of rotatable bonds is 2. The van der Waals surface area contributed by atoms with Gasteiger partial charge in [0.05, 0.1) is 5.56 Å². The molecule has 2 heteroatoms. The number of fused-ring (bicyclic) bond motifs is 1. The summed E-state index contributed by atoms with van der Waals surface area (Å²) in [4.78, 5) is 10.9. The Morgan fingerprint density at radius 2 is 2.00 bits per heavy atom. The summed E-state index contributed by atoms with van der Waals surface area (Å²) >= 11 is 0. The molecule has 0 atom stereocenters. The molecule has 2 nitrogen and oxygen atoms in total. The first-order chi connectivity index (χ1) is 7.22. The molecular formula is C13H10O2. The summed E-state index contributed by atoms with van der Waals surface area (Å²) in [5.41, 5.74) is 1.15. The van der Waals surface area contributed by atoms with E-state index in [1.165, 1.54) is 0 Å². The van der Waals surface area contributed by atoms with Crippen molar-refractivity contribution in [1.82, 2.24) is 0 Å². The Hall–Kier alpha value is -2.09. The second-order valence-electron chi connectivity index (χ2n) is 3.30. The van der Waals surface area contributed by atoms with Gasteiger partial charge in [0.25, 0.3) is 0 Å². The van der Waals surface area contributed by atoms with E-state index >= 15 is 0 Å². The van der Waals surface area contributed by atoms with Crippen molar-refractivity contribution in [2.45, 2.75) is 0 Å². The quantitative estimate of drug-likeness (QED) is 0.804. The number of benzene rings is 2. The van der Waals surface area contributed by atoms with Gasteiger partial charge in [-0.2, -0.15) is 0 Å². The fourth-order valence-corrected chi connectivity index (χ4v) is 1.63. The van der Waals surface area contributed by atoms with Crippen molar-refractivity contribution in [2.24, 2.45) is 0 Å². The van der Waals surface area contributed by atoms with Gasteiger partial charge in [0.1, 0.15) is 0 Å². The summed E-state index contributed by atoms with van der Waals surface area (Å²) in [7, 11) is 0. The molecule has 2 rings (SSSR count). The minimum atomic E-state index is -0.913. The number of hydrogen-bond acceptors (Lipinski definition) is 1. The average molecular weight is 198 g/mol. The normalized spacial score (nSPS) is 10.1. The third kappa shape index (κ3) is 1.62. The van der Waals surface area contributed by atoms with Crippen LogP contribution in [0.4, 0.5) is 0 Å². The maximum atomic E-state index is 10.9.